The Morgan fingerprint density at radius 3 is 2.77 bits per heavy atom. The normalized spacial score (nSPS) is 16.9. The van der Waals surface area contributed by atoms with E-state index in [1.807, 2.05) is 17.0 Å². The number of nitrogens with zero attached hydrogens (tertiary/aromatic N) is 2. The summed E-state index contributed by atoms with van der Waals surface area (Å²) in [4.78, 5) is 15.0. The maximum atomic E-state index is 13.0. The fourth-order valence-corrected chi connectivity index (χ4v) is 3.15. The highest BCUT2D eigenvalue weighted by Crippen LogP contribution is 2.25. The van der Waals surface area contributed by atoms with Crippen LogP contribution in [-0.4, -0.2) is 41.7 Å². The van der Waals surface area contributed by atoms with Crippen molar-refractivity contribution in [3.63, 3.8) is 0 Å². The van der Waals surface area contributed by atoms with Gasteiger partial charge in [0.1, 0.15) is 6.04 Å². The van der Waals surface area contributed by atoms with Crippen molar-refractivity contribution in [2.75, 3.05) is 26.3 Å². The molecule has 1 aliphatic rings. The molecule has 22 heavy (non-hydrogen) atoms. The summed E-state index contributed by atoms with van der Waals surface area (Å²) in [5.41, 5.74) is 1.14. The summed E-state index contributed by atoms with van der Waals surface area (Å²) < 4.78 is 7.53. The van der Waals surface area contributed by atoms with E-state index in [9.17, 15) is 4.79 Å². The molecule has 1 saturated heterocycles. The number of benzene rings is 1. The van der Waals surface area contributed by atoms with Crippen LogP contribution in [0.4, 0.5) is 0 Å². The van der Waals surface area contributed by atoms with Gasteiger partial charge in [0.05, 0.1) is 13.2 Å². The van der Waals surface area contributed by atoms with Crippen LogP contribution >= 0.6 is 0 Å². The van der Waals surface area contributed by atoms with E-state index in [1.54, 1.807) is 0 Å². The highest BCUT2D eigenvalue weighted by atomic mass is 16.5. The van der Waals surface area contributed by atoms with Crippen molar-refractivity contribution < 1.29 is 9.53 Å². The molecule has 1 amide bonds. The summed E-state index contributed by atoms with van der Waals surface area (Å²) >= 11 is 0. The molecule has 1 aromatic heterocycles. The predicted molar refractivity (Wildman–Crippen MR) is 87.9 cm³/mol. The van der Waals surface area contributed by atoms with Gasteiger partial charge >= 0.3 is 0 Å². The van der Waals surface area contributed by atoms with Crippen molar-refractivity contribution in [2.24, 2.45) is 0 Å². The van der Waals surface area contributed by atoms with Gasteiger partial charge in [-0.05, 0) is 23.9 Å². The van der Waals surface area contributed by atoms with Gasteiger partial charge in [-0.25, -0.2) is 0 Å². The SMILES string of the molecule is CCCCC(C(=O)N1CCOCC1)n1ccc2ccccc21. The van der Waals surface area contributed by atoms with Crippen LogP contribution in [0.3, 0.4) is 0 Å². The second kappa shape index (κ2) is 6.97. The number of carbonyl (C=O) groups is 1. The number of unbranched alkanes of at least 4 members (excludes halogenated alkanes) is 1. The minimum absolute atomic E-state index is 0.0991. The van der Waals surface area contributed by atoms with Gasteiger partial charge in [0.15, 0.2) is 0 Å². The van der Waals surface area contributed by atoms with E-state index in [-0.39, 0.29) is 11.9 Å². The van der Waals surface area contributed by atoms with Gasteiger partial charge in [-0.2, -0.15) is 0 Å². The maximum absolute atomic E-state index is 13.0. The van der Waals surface area contributed by atoms with Crippen LogP contribution in [0, 0.1) is 0 Å². The summed E-state index contributed by atoms with van der Waals surface area (Å²) in [5, 5.41) is 1.19. The van der Waals surface area contributed by atoms with Gasteiger partial charge in [0, 0.05) is 24.8 Å². The van der Waals surface area contributed by atoms with Crippen LogP contribution in [0.5, 0.6) is 0 Å². The summed E-state index contributed by atoms with van der Waals surface area (Å²) in [5.74, 6) is 0.234. The fraction of sp³-hybridized carbons (Fsp3) is 0.500. The van der Waals surface area contributed by atoms with Crippen molar-refractivity contribution >= 4 is 16.8 Å². The molecule has 0 bridgehead atoms. The van der Waals surface area contributed by atoms with Gasteiger partial charge in [-0.1, -0.05) is 38.0 Å². The fourth-order valence-electron chi connectivity index (χ4n) is 3.15. The number of aromatic nitrogens is 1. The molecule has 0 saturated carbocycles. The Kier molecular flexibility index (Phi) is 4.78. The van der Waals surface area contributed by atoms with E-state index in [1.165, 1.54) is 5.39 Å². The largest absolute Gasteiger partial charge is 0.378 e. The summed E-state index contributed by atoms with van der Waals surface area (Å²) in [6, 6.07) is 10.3. The lowest BCUT2D eigenvalue weighted by atomic mass is 10.1. The highest BCUT2D eigenvalue weighted by molar-refractivity contribution is 5.85. The number of fused-ring (bicyclic) bond motifs is 1. The van der Waals surface area contributed by atoms with Crippen LogP contribution in [0.25, 0.3) is 10.9 Å². The van der Waals surface area contributed by atoms with E-state index in [0.29, 0.717) is 26.3 Å². The van der Waals surface area contributed by atoms with Gasteiger partial charge < -0.3 is 14.2 Å². The Bertz CT molecular complexity index is 629. The van der Waals surface area contributed by atoms with E-state index < -0.39 is 0 Å². The molecule has 118 valence electrons. The number of carbonyl (C=O) groups excluding carboxylic acids is 1. The zero-order valence-electron chi connectivity index (χ0n) is 13.2. The van der Waals surface area contributed by atoms with E-state index >= 15 is 0 Å². The Hall–Kier alpha value is -1.81. The van der Waals surface area contributed by atoms with Gasteiger partial charge in [-0.3, -0.25) is 4.79 Å². The average molecular weight is 300 g/mol. The molecule has 4 nitrogen and oxygen atoms in total. The van der Waals surface area contributed by atoms with Crippen LogP contribution < -0.4 is 0 Å². The number of para-hydroxylation sites is 1. The third kappa shape index (κ3) is 3.02. The van der Waals surface area contributed by atoms with E-state index in [2.05, 4.69) is 35.9 Å². The molecular weight excluding hydrogens is 276 g/mol. The molecule has 1 unspecified atom stereocenters. The molecule has 4 heteroatoms. The number of hydrogen-bond donors (Lipinski definition) is 0. The molecule has 1 atom stereocenters. The molecule has 0 aliphatic carbocycles. The zero-order chi connectivity index (χ0) is 15.4. The third-order valence-corrected chi connectivity index (χ3v) is 4.40. The first-order valence-corrected chi connectivity index (χ1v) is 8.23. The van der Waals surface area contributed by atoms with Crippen LogP contribution in [0.15, 0.2) is 36.5 Å². The molecule has 0 radical (unpaired) electrons. The summed E-state index contributed by atoms with van der Waals surface area (Å²) in [6.07, 6.45) is 5.12. The average Bonchev–Trinajstić information content (AvgIpc) is 3.00. The monoisotopic (exact) mass is 300 g/mol. The molecule has 1 aromatic carbocycles. The number of hydrogen-bond acceptors (Lipinski definition) is 2. The number of ether oxygens (including phenoxy) is 1. The molecule has 0 spiro atoms. The Labute approximate surface area is 131 Å². The number of morpholine rings is 1. The van der Waals surface area contributed by atoms with Crippen molar-refractivity contribution in [3.05, 3.63) is 36.5 Å². The molecule has 1 fully saturated rings. The Balaban J connectivity index is 1.89. The molecular formula is C18H24N2O2. The molecule has 0 N–H and O–H groups in total. The van der Waals surface area contributed by atoms with E-state index in [0.717, 1.165) is 24.8 Å². The lowest BCUT2D eigenvalue weighted by Crippen LogP contribution is -2.44. The van der Waals surface area contributed by atoms with E-state index in [4.69, 9.17) is 4.74 Å². The van der Waals surface area contributed by atoms with Gasteiger partial charge in [-0.15, -0.1) is 0 Å². The first-order chi connectivity index (χ1) is 10.8. The minimum Gasteiger partial charge on any atom is -0.378 e. The first kappa shape index (κ1) is 15.1. The van der Waals surface area contributed by atoms with Crippen molar-refractivity contribution in [3.8, 4) is 0 Å². The molecule has 2 heterocycles. The number of rotatable bonds is 5. The van der Waals surface area contributed by atoms with Gasteiger partial charge in [0.25, 0.3) is 0 Å². The summed E-state index contributed by atoms with van der Waals surface area (Å²) in [7, 11) is 0. The zero-order valence-corrected chi connectivity index (χ0v) is 13.2. The second-order valence-electron chi connectivity index (χ2n) is 5.88. The number of amides is 1. The molecule has 1 aliphatic heterocycles. The second-order valence-corrected chi connectivity index (χ2v) is 5.88. The minimum atomic E-state index is -0.0991. The molecule has 2 aromatic rings. The van der Waals surface area contributed by atoms with Crippen molar-refractivity contribution in [1.82, 2.24) is 9.47 Å². The predicted octanol–water partition coefficient (Wildman–Crippen LogP) is 3.23. The summed E-state index contributed by atoms with van der Waals surface area (Å²) in [6.45, 7) is 4.89. The lowest BCUT2D eigenvalue weighted by molar-refractivity contribution is -0.139. The quantitative estimate of drug-likeness (QED) is 0.849. The topological polar surface area (TPSA) is 34.5 Å². The Morgan fingerprint density at radius 1 is 1.23 bits per heavy atom. The van der Waals surface area contributed by atoms with Crippen LogP contribution in [0.1, 0.15) is 32.2 Å². The highest BCUT2D eigenvalue weighted by Gasteiger charge is 2.27. The van der Waals surface area contributed by atoms with Crippen LogP contribution in [0.2, 0.25) is 0 Å². The van der Waals surface area contributed by atoms with Gasteiger partial charge in [0.2, 0.25) is 5.91 Å². The lowest BCUT2D eigenvalue weighted by Gasteiger charge is -2.31. The first-order valence-electron chi connectivity index (χ1n) is 8.23. The van der Waals surface area contributed by atoms with Crippen molar-refractivity contribution in [2.45, 2.75) is 32.2 Å². The third-order valence-electron chi connectivity index (χ3n) is 4.40. The maximum Gasteiger partial charge on any atom is 0.245 e. The standard InChI is InChI=1S/C18H24N2O2/c1-2-3-7-17(18(21)19-11-13-22-14-12-19)20-10-9-15-6-4-5-8-16(15)20/h4-6,8-10,17H,2-3,7,11-14H2,1H3. The van der Waals surface area contributed by atoms with Crippen LogP contribution in [-0.2, 0) is 9.53 Å². The Morgan fingerprint density at radius 2 is 2.00 bits per heavy atom. The van der Waals surface area contributed by atoms with Crippen molar-refractivity contribution in [1.29, 1.82) is 0 Å². The molecule has 3 rings (SSSR count). The smallest absolute Gasteiger partial charge is 0.245 e.